The Bertz CT molecular complexity index is 367. The van der Waals surface area contributed by atoms with E-state index in [1.54, 1.807) is 33.4 Å². The first-order chi connectivity index (χ1) is 8.71. The molecule has 0 aliphatic rings. The molecule has 0 aliphatic carbocycles. The van der Waals surface area contributed by atoms with E-state index >= 15 is 0 Å². The van der Waals surface area contributed by atoms with Crippen LogP contribution in [0.15, 0.2) is 18.3 Å². The van der Waals surface area contributed by atoms with Gasteiger partial charge < -0.3 is 20.1 Å². The van der Waals surface area contributed by atoms with Crippen molar-refractivity contribution in [3.63, 3.8) is 0 Å². The summed E-state index contributed by atoms with van der Waals surface area (Å²) in [6, 6.07) is 3.46. The summed E-state index contributed by atoms with van der Waals surface area (Å²) in [5.41, 5.74) is 0.515. The van der Waals surface area contributed by atoms with Crippen LogP contribution in [0.4, 0.5) is 5.82 Å². The van der Waals surface area contributed by atoms with E-state index in [-0.39, 0.29) is 12.0 Å². The van der Waals surface area contributed by atoms with Gasteiger partial charge in [0.1, 0.15) is 5.82 Å². The average Bonchev–Trinajstić information content (AvgIpc) is 2.43. The number of amides is 1. The van der Waals surface area contributed by atoms with Crippen molar-refractivity contribution in [3.05, 3.63) is 23.9 Å². The predicted molar refractivity (Wildman–Crippen MR) is 68.8 cm³/mol. The second-order valence-corrected chi connectivity index (χ2v) is 3.71. The number of methoxy groups -OCH3 is 2. The number of anilines is 1. The van der Waals surface area contributed by atoms with E-state index in [1.165, 1.54) is 6.20 Å². The Morgan fingerprint density at radius 3 is 2.72 bits per heavy atom. The highest BCUT2D eigenvalue weighted by Crippen LogP contribution is 2.03. The first-order valence-corrected chi connectivity index (χ1v) is 5.65. The van der Waals surface area contributed by atoms with Crippen molar-refractivity contribution < 1.29 is 14.3 Å². The van der Waals surface area contributed by atoms with Gasteiger partial charge in [0.15, 0.2) is 0 Å². The Hall–Kier alpha value is -1.66. The maximum absolute atomic E-state index is 11.8. The van der Waals surface area contributed by atoms with Crippen molar-refractivity contribution in [1.82, 2.24) is 10.3 Å². The van der Waals surface area contributed by atoms with Crippen LogP contribution in [0, 0.1) is 0 Å². The zero-order chi connectivity index (χ0) is 13.4. The number of ether oxygens (including phenoxy) is 2. The van der Waals surface area contributed by atoms with Crippen LogP contribution in [0.25, 0.3) is 0 Å². The molecule has 0 spiro atoms. The lowest BCUT2D eigenvalue weighted by molar-refractivity contribution is 0.0285. The third-order valence-electron chi connectivity index (χ3n) is 2.46. The van der Waals surface area contributed by atoms with Gasteiger partial charge in [0.2, 0.25) is 0 Å². The lowest BCUT2D eigenvalue weighted by atomic mass is 10.2. The number of nitrogens with one attached hydrogen (secondary N) is 2. The van der Waals surface area contributed by atoms with Crippen molar-refractivity contribution in [3.8, 4) is 0 Å². The van der Waals surface area contributed by atoms with Crippen LogP contribution in [-0.2, 0) is 9.47 Å². The fourth-order valence-corrected chi connectivity index (χ4v) is 1.38. The van der Waals surface area contributed by atoms with Gasteiger partial charge in [-0.1, -0.05) is 0 Å². The first kappa shape index (κ1) is 14.4. The smallest absolute Gasteiger partial charge is 0.252 e. The fraction of sp³-hybridized carbons (Fsp3) is 0.500. The quantitative estimate of drug-likeness (QED) is 0.741. The molecule has 100 valence electrons. The monoisotopic (exact) mass is 253 g/mol. The average molecular weight is 253 g/mol. The Balaban J connectivity index is 2.48. The van der Waals surface area contributed by atoms with Crippen LogP contribution in [-0.4, -0.2) is 51.4 Å². The molecule has 6 nitrogen and oxygen atoms in total. The molecule has 1 aromatic rings. The lowest BCUT2D eigenvalue weighted by Gasteiger charge is -2.14. The Kier molecular flexibility index (Phi) is 6.10. The molecule has 0 aliphatic heterocycles. The Morgan fingerprint density at radius 1 is 1.44 bits per heavy atom. The molecule has 2 N–H and O–H groups in total. The predicted octanol–water partition coefficient (Wildman–Crippen LogP) is 0.514. The summed E-state index contributed by atoms with van der Waals surface area (Å²) < 4.78 is 10.1. The maximum atomic E-state index is 11.8. The molecule has 0 fully saturated rings. The molecule has 1 unspecified atom stereocenters. The maximum Gasteiger partial charge on any atom is 0.252 e. The number of carbonyl (C=O) groups excluding carboxylic acids is 1. The minimum Gasteiger partial charge on any atom is -0.382 e. The molecule has 1 amide bonds. The molecular formula is C12H19N3O3. The van der Waals surface area contributed by atoms with Crippen molar-refractivity contribution in [2.75, 3.05) is 39.7 Å². The summed E-state index contributed by atoms with van der Waals surface area (Å²) >= 11 is 0. The van der Waals surface area contributed by atoms with E-state index in [2.05, 4.69) is 15.6 Å². The number of hydrogen-bond donors (Lipinski definition) is 2. The van der Waals surface area contributed by atoms with E-state index in [0.717, 1.165) is 5.82 Å². The number of hydrogen-bond acceptors (Lipinski definition) is 5. The highest BCUT2D eigenvalue weighted by atomic mass is 16.5. The topological polar surface area (TPSA) is 72.5 Å². The lowest BCUT2D eigenvalue weighted by Crippen LogP contribution is -2.35. The molecule has 0 saturated carbocycles. The number of nitrogens with zero attached hydrogens (tertiary/aromatic N) is 1. The minimum absolute atomic E-state index is 0.150. The van der Waals surface area contributed by atoms with Crippen LogP contribution in [0.2, 0.25) is 0 Å². The largest absolute Gasteiger partial charge is 0.382 e. The van der Waals surface area contributed by atoms with Gasteiger partial charge in [-0.15, -0.1) is 0 Å². The van der Waals surface area contributed by atoms with Crippen molar-refractivity contribution in [2.45, 2.75) is 6.10 Å². The van der Waals surface area contributed by atoms with Gasteiger partial charge >= 0.3 is 0 Å². The van der Waals surface area contributed by atoms with Crippen molar-refractivity contribution in [1.29, 1.82) is 0 Å². The molecular weight excluding hydrogens is 234 g/mol. The van der Waals surface area contributed by atoms with Crippen LogP contribution >= 0.6 is 0 Å². The summed E-state index contributed by atoms with van der Waals surface area (Å²) in [7, 11) is 4.95. The van der Waals surface area contributed by atoms with Gasteiger partial charge in [0.05, 0.1) is 18.3 Å². The molecule has 0 bridgehead atoms. The van der Waals surface area contributed by atoms with Gasteiger partial charge in [0.25, 0.3) is 5.91 Å². The van der Waals surface area contributed by atoms with E-state index in [0.29, 0.717) is 18.7 Å². The second kappa shape index (κ2) is 7.62. The summed E-state index contributed by atoms with van der Waals surface area (Å²) in [5, 5.41) is 5.66. The standard InChI is InChI=1S/C12H19N3O3/c1-13-11-5-4-9(6-14-11)12(16)15-7-10(18-3)8-17-2/h4-6,10H,7-8H2,1-3H3,(H,13,14)(H,15,16). The van der Waals surface area contributed by atoms with Gasteiger partial charge in [0, 0.05) is 34.0 Å². The molecule has 0 saturated heterocycles. The zero-order valence-corrected chi connectivity index (χ0v) is 10.9. The second-order valence-electron chi connectivity index (χ2n) is 3.71. The van der Waals surface area contributed by atoms with Gasteiger partial charge in [-0.25, -0.2) is 4.98 Å². The Labute approximate surface area is 107 Å². The summed E-state index contributed by atoms with van der Waals surface area (Å²) in [5.74, 6) is 0.545. The van der Waals surface area contributed by atoms with E-state index in [9.17, 15) is 4.79 Å². The summed E-state index contributed by atoms with van der Waals surface area (Å²) in [6.07, 6.45) is 1.38. The number of pyridine rings is 1. The highest BCUT2D eigenvalue weighted by molar-refractivity contribution is 5.94. The molecule has 18 heavy (non-hydrogen) atoms. The third-order valence-corrected chi connectivity index (χ3v) is 2.46. The molecule has 0 aromatic carbocycles. The highest BCUT2D eigenvalue weighted by Gasteiger charge is 2.10. The third kappa shape index (κ3) is 4.31. The van der Waals surface area contributed by atoms with Gasteiger partial charge in [-0.2, -0.15) is 0 Å². The van der Waals surface area contributed by atoms with Crippen molar-refractivity contribution in [2.24, 2.45) is 0 Å². The summed E-state index contributed by atoms with van der Waals surface area (Å²) in [4.78, 5) is 15.9. The van der Waals surface area contributed by atoms with E-state index in [1.807, 2.05) is 0 Å². The first-order valence-electron chi connectivity index (χ1n) is 5.65. The number of aromatic nitrogens is 1. The molecule has 1 rings (SSSR count). The molecule has 0 radical (unpaired) electrons. The fourth-order valence-electron chi connectivity index (χ4n) is 1.38. The number of rotatable bonds is 7. The molecule has 1 heterocycles. The van der Waals surface area contributed by atoms with Gasteiger partial charge in [-0.3, -0.25) is 4.79 Å². The SMILES string of the molecule is CNc1ccc(C(=O)NCC(COC)OC)cn1. The molecule has 1 atom stereocenters. The zero-order valence-electron chi connectivity index (χ0n) is 10.9. The van der Waals surface area contributed by atoms with Crippen LogP contribution in [0.5, 0.6) is 0 Å². The summed E-state index contributed by atoms with van der Waals surface area (Å²) in [6.45, 7) is 0.838. The normalized spacial score (nSPS) is 11.9. The van der Waals surface area contributed by atoms with Crippen LogP contribution in [0.1, 0.15) is 10.4 Å². The van der Waals surface area contributed by atoms with Crippen LogP contribution in [0.3, 0.4) is 0 Å². The van der Waals surface area contributed by atoms with E-state index in [4.69, 9.17) is 9.47 Å². The molecule has 6 heteroatoms. The number of carbonyl (C=O) groups is 1. The van der Waals surface area contributed by atoms with Gasteiger partial charge in [-0.05, 0) is 12.1 Å². The van der Waals surface area contributed by atoms with Crippen LogP contribution < -0.4 is 10.6 Å². The van der Waals surface area contributed by atoms with Crippen molar-refractivity contribution >= 4 is 11.7 Å². The molecule has 1 aromatic heterocycles. The minimum atomic E-state index is -0.177. The Morgan fingerprint density at radius 2 is 2.22 bits per heavy atom. The van der Waals surface area contributed by atoms with E-state index < -0.39 is 0 Å².